The number of amides is 1. The molecule has 0 aliphatic carbocycles. The van der Waals surface area contributed by atoms with Crippen molar-refractivity contribution in [2.75, 3.05) is 23.1 Å². The van der Waals surface area contributed by atoms with E-state index < -0.39 is 0 Å². The van der Waals surface area contributed by atoms with Gasteiger partial charge in [0.15, 0.2) is 0 Å². The van der Waals surface area contributed by atoms with Crippen LogP contribution in [0.5, 0.6) is 0 Å². The van der Waals surface area contributed by atoms with Gasteiger partial charge in [0.05, 0.1) is 16.5 Å². The van der Waals surface area contributed by atoms with E-state index in [1.807, 2.05) is 66.6 Å². The number of benzene rings is 2. The summed E-state index contributed by atoms with van der Waals surface area (Å²) in [5.41, 5.74) is 3.70. The minimum atomic E-state index is 0.0598. The van der Waals surface area contributed by atoms with E-state index in [2.05, 4.69) is 38.2 Å². The smallest absolute Gasteiger partial charge is 0.254 e. The Balaban J connectivity index is 1.20. The third-order valence-electron chi connectivity index (χ3n) is 5.53. The van der Waals surface area contributed by atoms with E-state index in [-0.39, 0.29) is 11.9 Å². The molecule has 0 radical (unpaired) electrons. The molecule has 1 aliphatic heterocycles. The maximum absolute atomic E-state index is 12.9. The molecule has 0 bridgehead atoms. The van der Waals surface area contributed by atoms with Crippen molar-refractivity contribution >= 4 is 40.3 Å². The average molecular weight is 442 g/mol. The van der Waals surface area contributed by atoms with Crippen LogP contribution in [0.2, 0.25) is 0 Å². The molecule has 2 N–H and O–H groups in total. The van der Waals surface area contributed by atoms with Crippen LogP contribution in [0.3, 0.4) is 0 Å². The van der Waals surface area contributed by atoms with Gasteiger partial charge in [0.1, 0.15) is 5.82 Å². The lowest BCUT2D eigenvalue weighted by molar-refractivity contribution is 0.0625. The highest BCUT2D eigenvalue weighted by Crippen LogP contribution is 2.29. The molecule has 1 aliphatic rings. The number of hydrogen-bond donors (Lipinski definition) is 2. The van der Waals surface area contributed by atoms with Crippen molar-refractivity contribution in [3.05, 3.63) is 90.3 Å². The SMILES string of the molecule is Cc1cc(C(=O)N2CC(Nc3ccccn3)C2)ccc1NSc1cccc2cccnc12. The number of likely N-dealkylation sites (tertiary alicyclic amines) is 1. The highest BCUT2D eigenvalue weighted by molar-refractivity contribution is 8.00. The molecular weight excluding hydrogens is 418 g/mol. The van der Waals surface area contributed by atoms with Gasteiger partial charge < -0.3 is 14.9 Å². The van der Waals surface area contributed by atoms with Gasteiger partial charge in [-0.2, -0.15) is 0 Å². The Morgan fingerprint density at radius 1 is 1.00 bits per heavy atom. The van der Waals surface area contributed by atoms with E-state index in [0.717, 1.165) is 32.9 Å². The molecule has 32 heavy (non-hydrogen) atoms. The average Bonchev–Trinajstić information content (AvgIpc) is 2.80. The van der Waals surface area contributed by atoms with E-state index in [1.165, 1.54) is 11.9 Å². The molecule has 1 fully saturated rings. The molecule has 5 rings (SSSR count). The van der Waals surface area contributed by atoms with E-state index in [9.17, 15) is 4.79 Å². The van der Waals surface area contributed by atoms with Crippen molar-refractivity contribution in [3.63, 3.8) is 0 Å². The zero-order chi connectivity index (χ0) is 21.9. The summed E-state index contributed by atoms with van der Waals surface area (Å²) in [5.74, 6) is 0.902. The lowest BCUT2D eigenvalue weighted by Gasteiger charge is -2.39. The fourth-order valence-corrected chi connectivity index (χ4v) is 4.62. The summed E-state index contributed by atoms with van der Waals surface area (Å²) in [5, 5.41) is 4.47. The van der Waals surface area contributed by atoms with Crippen LogP contribution < -0.4 is 10.0 Å². The molecule has 0 atom stereocenters. The van der Waals surface area contributed by atoms with Gasteiger partial charge in [-0.15, -0.1) is 0 Å². The summed E-state index contributed by atoms with van der Waals surface area (Å²) in [6, 6.07) is 22.0. The maximum Gasteiger partial charge on any atom is 0.254 e. The van der Waals surface area contributed by atoms with Crippen molar-refractivity contribution in [2.45, 2.75) is 17.9 Å². The van der Waals surface area contributed by atoms with Crippen LogP contribution >= 0.6 is 11.9 Å². The number of rotatable bonds is 6. The van der Waals surface area contributed by atoms with Gasteiger partial charge in [-0.3, -0.25) is 9.78 Å². The number of carbonyl (C=O) groups is 1. The molecule has 6 nitrogen and oxygen atoms in total. The highest BCUT2D eigenvalue weighted by Gasteiger charge is 2.31. The first-order valence-electron chi connectivity index (χ1n) is 10.5. The Kier molecular flexibility index (Phi) is 5.64. The number of aromatic nitrogens is 2. The van der Waals surface area contributed by atoms with Crippen molar-refractivity contribution in [2.24, 2.45) is 0 Å². The van der Waals surface area contributed by atoms with Crippen molar-refractivity contribution in [3.8, 4) is 0 Å². The van der Waals surface area contributed by atoms with E-state index in [1.54, 1.807) is 6.20 Å². The molecule has 2 aromatic carbocycles. The van der Waals surface area contributed by atoms with Crippen molar-refractivity contribution in [1.82, 2.24) is 14.9 Å². The lowest BCUT2D eigenvalue weighted by Crippen LogP contribution is -2.57. The highest BCUT2D eigenvalue weighted by atomic mass is 32.2. The fourth-order valence-electron chi connectivity index (χ4n) is 3.76. The second kappa shape index (κ2) is 8.88. The van der Waals surface area contributed by atoms with Gasteiger partial charge in [-0.05, 0) is 66.9 Å². The minimum Gasteiger partial charge on any atom is -0.364 e. The topological polar surface area (TPSA) is 70.2 Å². The van der Waals surface area contributed by atoms with Gasteiger partial charge >= 0.3 is 0 Å². The Morgan fingerprint density at radius 2 is 1.84 bits per heavy atom. The van der Waals surface area contributed by atoms with E-state index in [4.69, 9.17) is 0 Å². The third-order valence-corrected chi connectivity index (χ3v) is 6.40. The van der Waals surface area contributed by atoms with Crippen LogP contribution in [0.4, 0.5) is 11.5 Å². The summed E-state index contributed by atoms with van der Waals surface area (Å²) in [6.07, 6.45) is 3.57. The Bertz CT molecular complexity index is 1250. The summed E-state index contributed by atoms with van der Waals surface area (Å²) in [7, 11) is 0. The van der Waals surface area contributed by atoms with E-state index >= 15 is 0 Å². The minimum absolute atomic E-state index is 0.0598. The molecule has 1 amide bonds. The largest absolute Gasteiger partial charge is 0.364 e. The standard InChI is InChI=1S/C25H23N5OS/c1-17-14-19(25(31)30-15-20(16-30)28-23-9-2-3-12-26-23)10-11-21(17)29-32-22-8-4-6-18-7-5-13-27-24(18)22/h2-14,20,29H,15-16H2,1H3,(H,26,28). The first-order chi connectivity index (χ1) is 15.7. The number of fused-ring (bicyclic) bond motifs is 1. The maximum atomic E-state index is 12.9. The number of hydrogen-bond acceptors (Lipinski definition) is 6. The molecule has 0 spiro atoms. The van der Waals surface area contributed by atoms with Crippen LogP contribution in [0.1, 0.15) is 15.9 Å². The van der Waals surface area contributed by atoms with Crippen LogP contribution in [-0.2, 0) is 0 Å². The molecule has 0 saturated carbocycles. The summed E-state index contributed by atoms with van der Waals surface area (Å²) < 4.78 is 3.41. The lowest BCUT2D eigenvalue weighted by atomic mass is 10.0. The van der Waals surface area contributed by atoms with E-state index in [0.29, 0.717) is 18.7 Å². The van der Waals surface area contributed by atoms with Crippen LogP contribution in [-0.4, -0.2) is 39.9 Å². The molecule has 3 heterocycles. The zero-order valence-corrected chi connectivity index (χ0v) is 18.5. The number of pyridine rings is 2. The second-order valence-electron chi connectivity index (χ2n) is 7.83. The Hall–Kier alpha value is -3.58. The number of aryl methyl sites for hydroxylation is 1. The number of nitrogens with one attached hydrogen (secondary N) is 2. The zero-order valence-electron chi connectivity index (χ0n) is 17.7. The van der Waals surface area contributed by atoms with Gasteiger partial charge in [0, 0.05) is 42.1 Å². The normalized spacial score (nSPS) is 13.6. The number of anilines is 2. The molecule has 1 saturated heterocycles. The second-order valence-corrected chi connectivity index (χ2v) is 8.68. The molecule has 0 unspecified atom stereocenters. The number of para-hydroxylation sites is 1. The Morgan fingerprint density at radius 3 is 2.66 bits per heavy atom. The monoisotopic (exact) mass is 441 g/mol. The summed E-state index contributed by atoms with van der Waals surface area (Å²) >= 11 is 1.53. The molecule has 4 aromatic rings. The summed E-state index contributed by atoms with van der Waals surface area (Å²) in [4.78, 5) is 24.6. The van der Waals surface area contributed by atoms with Crippen LogP contribution in [0.15, 0.2) is 84.0 Å². The van der Waals surface area contributed by atoms with Gasteiger partial charge in [-0.25, -0.2) is 4.98 Å². The predicted octanol–water partition coefficient (Wildman–Crippen LogP) is 4.99. The quantitative estimate of drug-likeness (QED) is 0.411. The number of nitrogens with zero attached hydrogens (tertiary/aromatic N) is 3. The third kappa shape index (κ3) is 4.24. The van der Waals surface area contributed by atoms with Crippen molar-refractivity contribution < 1.29 is 4.79 Å². The van der Waals surface area contributed by atoms with Crippen molar-refractivity contribution in [1.29, 1.82) is 0 Å². The van der Waals surface area contributed by atoms with Gasteiger partial charge in [0.2, 0.25) is 0 Å². The van der Waals surface area contributed by atoms with Crippen LogP contribution in [0, 0.1) is 6.92 Å². The summed E-state index contributed by atoms with van der Waals surface area (Å²) in [6.45, 7) is 3.37. The van der Waals surface area contributed by atoms with Gasteiger partial charge in [0.25, 0.3) is 5.91 Å². The molecule has 2 aromatic heterocycles. The molecule has 7 heteroatoms. The Labute approximate surface area is 191 Å². The molecular formula is C25H23N5OS. The fraction of sp³-hybridized carbons (Fsp3) is 0.160. The molecule has 160 valence electrons. The predicted molar refractivity (Wildman–Crippen MR) is 130 cm³/mol. The van der Waals surface area contributed by atoms with Crippen LogP contribution in [0.25, 0.3) is 10.9 Å². The van der Waals surface area contributed by atoms with Gasteiger partial charge in [-0.1, -0.05) is 24.3 Å². The first-order valence-corrected chi connectivity index (χ1v) is 11.3. The first kappa shape index (κ1) is 20.3. The number of carbonyl (C=O) groups excluding carboxylic acids is 1.